The molecule has 2 aliphatic rings. The number of amidine groups is 1. The molecule has 8 heteroatoms. The molecule has 2 aromatic rings. The van der Waals surface area contributed by atoms with Gasteiger partial charge in [0.15, 0.2) is 5.82 Å². The summed E-state index contributed by atoms with van der Waals surface area (Å²) in [5.74, 6) is 1.48. The highest BCUT2D eigenvalue weighted by atomic mass is 32.2. The van der Waals surface area contributed by atoms with Crippen molar-refractivity contribution in [2.24, 2.45) is 0 Å². The van der Waals surface area contributed by atoms with Gasteiger partial charge < -0.3 is 15.1 Å². The van der Waals surface area contributed by atoms with Crippen LogP contribution in [-0.2, 0) is 11.2 Å². The van der Waals surface area contributed by atoms with Gasteiger partial charge in [-0.25, -0.2) is 9.97 Å². The SMILES string of the molecule is CC(=O)N1CCN(C(=N)Cc2ccc3c(c2)Nc2nccnc2S3)CC1. The Morgan fingerprint density at radius 1 is 1.19 bits per heavy atom. The number of aromatic nitrogens is 2. The van der Waals surface area contributed by atoms with Crippen LogP contribution in [0, 0.1) is 5.41 Å². The summed E-state index contributed by atoms with van der Waals surface area (Å²) in [5, 5.41) is 12.6. The van der Waals surface area contributed by atoms with Gasteiger partial charge in [0.2, 0.25) is 5.91 Å². The molecule has 0 atom stereocenters. The summed E-state index contributed by atoms with van der Waals surface area (Å²) in [4.78, 5) is 25.1. The first-order valence-corrected chi connectivity index (χ1v) is 9.38. The number of anilines is 2. The van der Waals surface area contributed by atoms with Crippen molar-refractivity contribution >= 4 is 35.0 Å². The van der Waals surface area contributed by atoms with Gasteiger partial charge >= 0.3 is 0 Å². The predicted octanol–water partition coefficient (Wildman–Crippen LogP) is 2.37. The van der Waals surface area contributed by atoms with E-state index in [0.29, 0.717) is 25.3 Å². The molecular formula is C18H20N6OS. The highest BCUT2D eigenvalue weighted by molar-refractivity contribution is 7.99. The molecule has 0 unspecified atom stereocenters. The lowest BCUT2D eigenvalue weighted by atomic mass is 10.1. The molecule has 0 bridgehead atoms. The molecule has 134 valence electrons. The van der Waals surface area contributed by atoms with E-state index in [-0.39, 0.29) is 5.91 Å². The zero-order chi connectivity index (χ0) is 18.1. The Morgan fingerprint density at radius 3 is 2.69 bits per heavy atom. The van der Waals surface area contributed by atoms with Crippen molar-refractivity contribution in [2.75, 3.05) is 31.5 Å². The van der Waals surface area contributed by atoms with Crippen molar-refractivity contribution in [3.63, 3.8) is 0 Å². The number of hydrogen-bond donors (Lipinski definition) is 2. The van der Waals surface area contributed by atoms with Crippen LogP contribution >= 0.6 is 11.8 Å². The van der Waals surface area contributed by atoms with Crippen LogP contribution in [0.15, 0.2) is 40.5 Å². The molecule has 1 fully saturated rings. The highest BCUT2D eigenvalue weighted by Crippen LogP contribution is 2.42. The second-order valence-corrected chi connectivity index (χ2v) is 7.41. The second kappa shape index (κ2) is 6.95. The van der Waals surface area contributed by atoms with Gasteiger partial charge in [-0.15, -0.1) is 0 Å². The molecule has 0 spiro atoms. The van der Waals surface area contributed by atoms with Crippen LogP contribution in [0.5, 0.6) is 0 Å². The van der Waals surface area contributed by atoms with E-state index >= 15 is 0 Å². The summed E-state index contributed by atoms with van der Waals surface area (Å²) < 4.78 is 0. The zero-order valence-electron chi connectivity index (χ0n) is 14.5. The largest absolute Gasteiger partial charge is 0.357 e. The minimum atomic E-state index is 0.109. The summed E-state index contributed by atoms with van der Waals surface area (Å²) in [7, 11) is 0. The maximum absolute atomic E-state index is 11.4. The average molecular weight is 368 g/mol. The van der Waals surface area contributed by atoms with Gasteiger partial charge in [0.05, 0.1) is 5.69 Å². The van der Waals surface area contributed by atoms with Crippen LogP contribution in [0.4, 0.5) is 11.5 Å². The Hall–Kier alpha value is -2.61. The average Bonchev–Trinajstić information content (AvgIpc) is 2.66. The van der Waals surface area contributed by atoms with Crippen molar-refractivity contribution < 1.29 is 4.79 Å². The maximum atomic E-state index is 11.4. The van der Waals surface area contributed by atoms with Gasteiger partial charge in [-0.2, -0.15) is 0 Å². The standard InChI is InChI=1S/C18H20N6OS/c1-12(25)23-6-8-24(9-7-23)16(19)11-13-2-3-15-14(10-13)22-17-18(26-15)21-5-4-20-17/h2-5,10,19H,6-9,11H2,1H3,(H,20,22). The number of carbonyl (C=O) groups excluding carboxylic acids is 1. The zero-order valence-corrected chi connectivity index (χ0v) is 15.3. The monoisotopic (exact) mass is 368 g/mol. The Labute approximate surface area is 156 Å². The number of piperazine rings is 1. The molecule has 1 saturated heterocycles. The molecule has 4 rings (SSSR count). The van der Waals surface area contributed by atoms with Crippen LogP contribution in [0.2, 0.25) is 0 Å². The lowest BCUT2D eigenvalue weighted by Crippen LogP contribution is -2.50. The molecule has 0 aliphatic carbocycles. The fourth-order valence-electron chi connectivity index (χ4n) is 3.19. The Balaban J connectivity index is 1.42. The van der Waals surface area contributed by atoms with Crippen LogP contribution < -0.4 is 5.32 Å². The fourth-order valence-corrected chi connectivity index (χ4v) is 4.07. The summed E-state index contributed by atoms with van der Waals surface area (Å²) in [5.41, 5.74) is 2.10. The minimum absolute atomic E-state index is 0.109. The van der Waals surface area contributed by atoms with E-state index in [2.05, 4.69) is 38.4 Å². The molecule has 3 heterocycles. The predicted molar refractivity (Wildman–Crippen MR) is 101 cm³/mol. The second-order valence-electron chi connectivity index (χ2n) is 6.38. The smallest absolute Gasteiger partial charge is 0.219 e. The van der Waals surface area contributed by atoms with E-state index in [9.17, 15) is 4.79 Å². The van der Waals surface area contributed by atoms with Crippen molar-refractivity contribution in [3.8, 4) is 0 Å². The molecule has 1 aromatic carbocycles. The number of nitrogens with one attached hydrogen (secondary N) is 2. The maximum Gasteiger partial charge on any atom is 0.219 e. The molecule has 2 aliphatic heterocycles. The van der Waals surface area contributed by atoms with Gasteiger partial charge in [0, 0.05) is 56.8 Å². The summed E-state index contributed by atoms with van der Waals surface area (Å²) in [6.07, 6.45) is 3.95. The van der Waals surface area contributed by atoms with Gasteiger partial charge in [-0.1, -0.05) is 17.8 Å². The number of nitrogens with zero attached hydrogens (tertiary/aromatic N) is 4. The lowest BCUT2D eigenvalue weighted by molar-refractivity contribution is -0.130. The number of benzene rings is 1. The van der Waals surface area contributed by atoms with Crippen LogP contribution in [0.25, 0.3) is 0 Å². The third-order valence-corrected chi connectivity index (χ3v) is 5.71. The molecule has 0 radical (unpaired) electrons. The first-order chi connectivity index (χ1) is 12.6. The van der Waals surface area contributed by atoms with E-state index in [1.165, 1.54) is 0 Å². The Bertz CT molecular complexity index is 863. The summed E-state index contributed by atoms with van der Waals surface area (Å²) in [6, 6.07) is 6.22. The molecule has 26 heavy (non-hydrogen) atoms. The third-order valence-electron chi connectivity index (χ3n) is 4.65. The topological polar surface area (TPSA) is 85.2 Å². The van der Waals surface area contributed by atoms with E-state index in [1.807, 2.05) is 4.90 Å². The first-order valence-electron chi connectivity index (χ1n) is 8.57. The number of hydrogen-bond acceptors (Lipinski definition) is 6. The molecule has 1 amide bonds. The summed E-state index contributed by atoms with van der Waals surface area (Å²) in [6.45, 7) is 4.42. The molecule has 0 saturated carbocycles. The van der Waals surface area contributed by atoms with Crippen LogP contribution in [-0.4, -0.2) is 57.7 Å². The number of carbonyl (C=O) groups is 1. The van der Waals surface area contributed by atoms with Crippen molar-refractivity contribution in [1.82, 2.24) is 19.8 Å². The quantitative estimate of drug-likeness (QED) is 0.534. The fraction of sp³-hybridized carbons (Fsp3) is 0.333. The first kappa shape index (κ1) is 16.8. The van der Waals surface area contributed by atoms with Crippen molar-refractivity contribution in [2.45, 2.75) is 23.3 Å². The molecule has 1 aromatic heterocycles. The lowest BCUT2D eigenvalue weighted by Gasteiger charge is -2.35. The minimum Gasteiger partial charge on any atom is -0.357 e. The van der Waals surface area contributed by atoms with Gasteiger partial charge in [-0.3, -0.25) is 10.2 Å². The molecule has 2 N–H and O–H groups in total. The van der Waals surface area contributed by atoms with Gasteiger partial charge in [0.25, 0.3) is 0 Å². The van der Waals surface area contributed by atoms with E-state index < -0.39 is 0 Å². The Morgan fingerprint density at radius 2 is 1.92 bits per heavy atom. The van der Waals surface area contributed by atoms with E-state index in [1.54, 1.807) is 31.1 Å². The van der Waals surface area contributed by atoms with Crippen LogP contribution in [0.3, 0.4) is 0 Å². The molecular weight excluding hydrogens is 348 g/mol. The number of rotatable bonds is 2. The van der Waals surface area contributed by atoms with E-state index in [4.69, 9.17) is 5.41 Å². The summed E-state index contributed by atoms with van der Waals surface area (Å²) >= 11 is 1.60. The van der Waals surface area contributed by atoms with E-state index in [0.717, 1.165) is 40.1 Å². The molecule has 7 nitrogen and oxygen atoms in total. The normalized spacial score (nSPS) is 15.7. The Kier molecular flexibility index (Phi) is 4.50. The van der Waals surface area contributed by atoms with Gasteiger partial charge in [0.1, 0.15) is 10.9 Å². The van der Waals surface area contributed by atoms with Gasteiger partial charge in [-0.05, 0) is 17.7 Å². The van der Waals surface area contributed by atoms with Crippen LogP contribution in [0.1, 0.15) is 12.5 Å². The number of fused-ring (bicyclic) bond motifs is 2. The number of amides is 1. The third kappa shape index (κ3) is 3.37. The van der Waals surface area contributed by atoms with Crippen molar-refractivity contribution in [1.29, 1.82) is 5.41 Å². The van der Waals surface area contributed by atoms with Crippen molar-refractivity contribution in [3.05, 3.63) is 36.2 Å². The highest BCUT2D eigenvalue weighted by Gasteiger charge is 2.21.